The van der Waals surface area contributed by atoms with Crippen molar-refractivity contribution < 1.29 is 4.74 Å². The van der Waals surface area contributed by atoms with Crippen molar-refractivity contribution in [2.24, 2.45) is 0 Å². The van der Waals surface area contributed by atoms with Crippen LogP contribution in [0.2, 0.25) is 0 Å². The fourth-order valence-electron chi connectivity index (χ4n) is 2.21. The molecule has 0 bridgehead atoms. The van der Waals surface area contributed by atoms with E-state index in [1.807, 2.05) is 30.7 Å². The second-order valence-electron chi connectivity index (χ2n) is 5.54. The molecular weight excluding hydrogens is 276 g/mol. The van der Waals surface area contributed by atoms with Crippen LogP contribution in [-0.4, -0.2) is 46.7 Å². The quantitative estimate of drug-likeness (QED) is 0.747. The monoisotopic (exact) mass is 300 g/mol. The molecule has 118 valence electrons. The summed E-state index contributed by atoms with van der Waals surface area (Å²) in [6, 6.07) is 6.45. The van der Waals surface area contributed by atoms with Crippen molar-refractivity contribution in [2.75, 3.05) is 20.8 Å². The lowest BCUT2D eigenvalue weighted by molar-refractivity contribution is 0.200. The van der Waals surface area contributed by atoms with Gasteiger partial charge in [0.25, 0.3) is 0 Å². The highest BCUT2D eigenvalue weighted by Gasteiger charge is 2.11. The van der Waals surface area contributed by atoms with E-state index in [9.17, 15) is 0 Å². The molecule has 0 fully saturated rings. The lowest BCUT2D eigenvalue weighted by atomic mass is 10.1. The zero-order valence-corrected chi connectivity index (χ0v) is 13.6. The second-order valence-corrected chi connectivity index (χ2v) is 5.54. The summed E-state index contributed by atoms with van der Waals surface area (Å²) < 4.78 is 5.03. The third kappa shape index (κ3) is 5.16. The lowest BCUT2D eigenvalue weighted by Gasteiger charge is -2.24. The lowest BCUT2D eigenvalue weighted by Crippen LogP contribution is -2.30. The summed E-state index contributed by atoms with van der Waals surface area (Å²) in [6.45, 7) is 3.70. The van der Waals surface area contributed by atoms with Crippen molar-refractivity contribution in [2.45, 2.75) is 32.4 Å². The average Bonchev–Trinajstić information content (AvgIpc) is 2.55. The van der Waals surface area contributed by atoms with E-state index in [0.29, 0.717) is 12.6 Å². The van der Waals surface area contributed by atoms with Gasteiger partial charge in [-0.05, 0) is 26.1 Å². The molecule has 0 aliphatic heterocycles. The minimum absolute atomic E-state index is 0.406. The van der Waals surface area contributed by atoms with E-state index in [1.54, 1.807) is 7.11 Å². The van der Waals surface area contributed by atoms with E-state index in [0.717, 1.165) is 36.5 Å². The van der Waals surface area contributed by atoms with E-state index < -0.39 is 0 Å². The fourth-order valence-corrected chi connectivity index (χ4v) is 2.21. The molecule has 0 radical (unpaired) electrons. The van der Waals surface area contributed by atoms with Crippen LogP contribution in [0.3, 0.4) is 0 Å². The Labute approximate surface area is 132 Å². The predicted molar refractivity (Wildman–Crippen MR) is 86.5 cm³/mol. The molecule has 2 aromatic rings. The maximum atomic E-state index is 5.03. The third-order valence-corrected chi connectivity index (χ3v) is 3.70. The van der Waals surface area contributed by atoms with Crippen molar-refractivity contribution in [3.63, 3.8) is 0 Å². The van der Waals surface area contributed by atoms with Crippen LogP contribution in [0.25, 0.3) is 0 Å². The van der Waals surface area contributed by atoms with Gasteiger partial charge in [0.2, 0.25) is 0 Å². The number of hydrogen-bond donors (Lipinski definition) is 0. The van der Waals surface area contributed by atoms with Gasteiger partial charge in [0, 0.05) is 62.4 Å². The molecule has 2 heterocycles. The van der Waals surface area contributed by atoms with E-state index >= 15 is 0 Å². The van der Waals surface area contributed by atoms with Crippen molar-refractivity contribution in [1.82, 2.24) is 19.9 Å². The summed E-state index contributed by atoms with van der Waals surface area (Å²) in [5.74, 6) is 0.829. The molecule has 0 saturated heterocycles. The first-order valence-corrected chi connectivity index (χ1v) is 7.58. The van der Waals surface area contributed by atoms with Crippen LogP contribution >= 0.6 is 0 Å². The molecule has 5 nitrogen and oxygen atoms in total. The highest BCUT2D eigenvalue weighted by Crippen LogP contribution is 2.09. The summed E-state index contributed by atoms with van der Waals surface area (Å²) >= 11 is 0. The first-order valence-electron chi connectivity index (χ1n) is 7.58. The molecule has 0 unspecified atom stereocenters. The number of hydrogen-bond acceptors (Lipinski definition) is 5. The first-order chi connectivity index (χ1) is 10.7. The largest absolute Gasteiger partial charge is 0.384 e. The zero-order chi connectivity index (χ0) is 15.8. The van der Waals surface area contributed by atoms with Gasteiger partial charge in [-0.25, -0.2) is 9.97 Å². The van der Waals surface area contributed by atoms with Crippen LogP contribution in [-0.2, 0) is 24.1 Å². The number of pyridine rings is 1. The van der Waals surface area contributed by atoms with Gasteiger partial charge in [0.05, 0.1) is 6.61 Å². The Balaban J connectivity index is 1.86. The molecule has 5 heteroatoms. The highest BCUT2D eigenvalue weighted by molar-refractivity contribution is 5.07. The van der Waals surface area contributed by atoms with Gasteiger partial charge in [-0.3, -0.25) is 9.88 Å². The molecule has 2 aromatic heterocycles. The Bertz CT molecular complexity index is 544. The Morgan fingerprint density at radius 3 is 2.59 bits per heavy atom. The minimum Gasteiger partial charge on any atom is -0.384 e. The number of likely N-dealkylation sites (N-methyl/N-ethyl adjacent to an activating group) is 1. The number of nitrogens with zero attached hydrogens (tertiary/aromatic N) is 4. The fraction of sp³-hybridized carbons (Fsp3) is 0.471. The molecule has 2 rings (SSSR count). The predicted octanol–water partition coefficient (Wildman–Crippen LogP) is 2.12. The summed E-state index contributed by atoms with van der Waals surface area (Å²) in [5.41, 5.74) is 2.24. The summed E-state index contributed by atoms with van der Waals surface area (Å²) in [7, 11) is 3.80. The Kier molecular flexibility index (Phi) is 6.43. The normalized spacial score (nSPS) is 12.5. The molecule has 0 amide bonds. The van der Waals surface area contributed by atoms with E-state index in [2.05, 4.69) is 39.9 Å². The molecule has 0 aliphatic rings. The van der Waals surface area contributed by atoms with Crippen LogP contribution in [0.1, 0.15) is 24.0 Å². The maximum Gasteiger partial charge on any atom is 0.130 e. The maximum absolute atomic E-state index is 5.03. The molecule has 0 saturated carbocycles. The Hall–Kier alpha value is -1.85. The van der Waals surface area contributed by atoms with E-state index in [1.165, 1.54) is 0 Å². The SMILES string of the molecule is COCCc1ncc(CN(C)[C@H](C)Cc2ccccn2)cn1. The molecule has 22 heavy (non-hydrogen) atoms. The Morgan fingerprint density at radius 1 is 1.18 bits per heavy atom. The van der Waals surface area contributed by atoms with Gasteiger partial charge < -0.3 is 4.74 Å². The van der Waals surface area contributed by atoms with Crippen molar-refractivity contribution in [3.8, 4) is 0 Å². The van der Waals surface area contributed by atoms with Crippen LogP contribution < -0.4 is 0 Å². The van der Waals surface area contributed by atoms with Crippen LogP contribution in [0.15, 0.2) is 36.8 Å². The second kappa shape index (κ2) is 8.56. The molecule has 0 N–H and O–H groups in total. The minimum atomic E-state index is 0.406. The number of methoxy groups -OCH3 is 1. The molecular formula is C17H24N4O. The van der Waals surface area contributed by atoms with Crippen molar-refractivity contribution >= 4 is 0 Å². The van der Waals surface area contributed by atoms with Crippen LogP contribution in [0.5, 0.6) is 0 Å². The molecule has 0 spiro atoms. The molecule has 0 aromatic carbocycles. The standard InChI is InChI=1S/C17H24N4O/c1-14(10-16-6-4-5-8-18-16)21(2)13-15-11-19-17(20-12-15)7-9-22-3/h4-6,8,11-12,14H,7,9-10,13H2,1-3H3/t14-/m1/s1. The van der Waals surface area contributed by atoms with Crippen LogP contribution in [0.4, 0.5) is 0 Å². The summed E-state index contributed by atoms with van der Waals surface area (Å²) in [4.78, 5) is 15.4. The Morgan fingerprint density at radius 2 is 1.95 bits per heavy atom. The summed E-state index contributed by atoms with van der Waals surface area (Å²) in [6.07, 6.45) is 7.34. The van der Waals surface area contributed by atoms with Gasteiger partial charge in [-0.2, -0.15) is 0 Å². The van der Waals surface area contributed by atoms with Gasteiger partial charge in [0.1, 0.15) is 5.82 Å². The van der Waals surface area contributed by atoms with Crippen molar-refractivity contribution in [3.05, 3.63) is 53.9 Å². The van der Waals surface area contributed by atoms with Gasteiger partial charge in [0.15, 0.2) is 0 Å². The van der Waals surface area contributed by atoms with E-state index in [4.69, 9.17) is 4.74 Å². The van der Waals surface area contributed by atoms with Gasteiger partial charge in [-0.15, -0.1) is 0 Å². The third-order valence-electron chi connectivity index (χ3n) is 3.70. The average molecular weight is 300 g/mol. The first kappa shape index (κ1) is 16.5. The van der Waals surface area contributed by atoms with Gasteiger partial charge >= 0.3 is 0 Å². The highest BCUT2D eigenvalue weighted by atomic mass is 16.5. The van der Waals surface area contributed by atoms with Gasteiger partial charge in [-0.1, -0.05) is 6.07 Å². The number of ether oxygens (including phenoxy) is 1. The topological polar surface area (TPSA) is 51.1 Å². The zero-order valence-electron chi connectivity index (χ0n) is 13.6. The number of rotatable bonds is 8. The smallest absolute Gasteiger partial charge is 0.130 e. The number of aromatic nitrogens is 3. The molecule has 0 aliphatic carbocycles. The molecule has 1 atom stereocenters. The van der Waals surface area contributed by atoms with Crippen molar-refractivity contribution in [1.29, 1.82) is 0 Å². The summed E-state index contributed by atoms with van der Waals surface area (Å²) in [5, 5.41) is 0. The van der Waals surface area contributed by atoms with E-state index in [-0.39, 0.29) is 0 Å². The van der Waals surface area contributed by atoms with Crippen LogP contribution in [0, 0.1) is 0 Å².